The van der Waals surface area contributed by atoms with Crippen molar-refractivity contribution in [3.8, 4) is 0 Å². The van der Waals surface area contributed by atoms with Gasteiger partial charge in [-0.05, 0) is 25.8 Å². The van der Waals surface area contributed by atoms with E-state index in [4.69, 9.17) is 0 Å². The van der Waals surface area contributed by atoms with Crippen LogP contribution in [0, 0.1) is 12.8 Å². The predicted octanol–water partition coefficient (Wildman–Crippen LogP) is 2.70. The third-order valence-electron chi connectivity index (χ3n) is 3.19. The van der Waals surface area contributed by atoms with Crippen LogP contribution in [0.25, 0.3) is 0 Å². The number of nitrogens with one attached hydrogen (secondary N) is 1. The summed E-state index contributed by atoms with van der Waals surface area (Å²) in [6, 6.07) is 2.52. The Balaban J connectivity index is 2.45. The van der Waals surface area contributed by atoms with Gasteiger partial charge in [-0.15, -0.1) is 0 Å². The number of aryl methyl sites for hydroxylation is 1. The molecule has 1 N–H and O–H groups in total. The molecule has 0 radical (unpaired) electrons. The van der Waals surface area contributed by atoms with Gasteiger partial charge in [0.1, 0.15) is 5.82 Å². The van der Waals surface area contributed by atoms with E-state index >= 15 is 0 Å². The van der Waals surface area contributed by atoms with E-state index in [1.54, 1.807) is 0 Å². The highest BCUT2D eigenvalue weighted by atomic mass is 14.9. The van der Waals surface area contributed by atoms with Gasteiger partial charge in [-0.1, -0.05) is 26.7 Å². The Morgan fingerprint density at radius 2 is 2.00 bits per heavy atom. The van der Waals surface area contributed by atoms with Crippen molar-refractivity contribution in [3.63, 3.8) is 0 Å². The molecule has 1 aromatic heterocycles. The molecule has 0 bridgehead atoms. The molecule has 1 heterocycles. The standard InChI is InChI=1S/C13H23N3/c1-5-12(6-2)10(3)15-9-13-7-8-14-11(4)16-13/h7-8,10,12,15H,5-6,9H2,1-4H3. The van der Waals surface area contributed by atoms with E-state index in [0.29, 0.717) is 6.04 Å². The maximum atomic E-state index is 4.38. The van der Waals surface area contributed by atoms with Crippen molar-refractivity contribution in [2.75, 3.05) is 0 Å². The summed E-state index contributed by atoms with van der Waals surface area (Å²) in [4.78, 5) is 8.48. The first-order valence-corrected chi connectivity index (χ1v) is 6.19. The Labute approximate surface area is 98.7 Å². The van der Waals surface area contributed by atoms with Crippen LogP contribution in [0.3, 0.4) is 0 Å². The molecule has 0 aromatic carbocycles. The zero-order chi connectivity index (χ0) is 12.0. The Morgan fingerprint density at radius 1 is 1.31 bits per heavy atom. The molecule has 16 heavy (non-hydrogen) atoms. The molecule has 1 atom stereocenters. The molecule has 0 saturated carbocycles. The van der Waals surface area contributed by atoms with Gasteiger partial charge in [0.05, 0.1) is 5.69 Å². The Morgan fingerprint density at radius 3 is 2.56 bits per heavy atom. The summed E-state index contributed by atoms with van der Waals surface area (Å²) in [5, 5.41) is 3.54. The molecule has 0 aliphatic heterocycles. The summed E-state index contributed by atoms with van der Waals surface area (Å²) in [7, 11) is 0. The largest absolute Gasteiger partial charge is 0.308 e. The number of nitrogens with zero attached hydrogens (tertiary/aromatic N) is 2. The molecular formula is C13H23N3. The molecule has 1 unspecified atom stereocenters. The number of aromatic nitrogens is 2. The average molecular weight is 221 g/mol. The average Bonchev–Trinajstić information content (AvgIpc) is 2.28. The summed E-state index contributed by atoms with van der Waals surface area (Å²) in [5.74, 6) is 1.59. The molecular weight excluding hydrogens is 198 g/mol. The van der Waals surface area contributed by atoms with Crippen LogP contribution >= 0.6 is 0 Å². The number of hydrogen-bond acceptors (Lipinski definition) is 3. The first-order valence-electron chi connectivity index (χ1n) is 6.19. The lowest BCUT2D eigenvalue weighted by molar-refractivity contribution is 0.351. The van der Waals surface area contributed by atoms with Gasteiger partial charge in [-0.3, -0.25) is 0 Å². The SMILES string of the molecule is CCC(CC)C(C)NCc1ccnc(C)n1. The second-order valence-electron chi connectivity index (χ2n) is 4.34. The lowest BCUT2D eigenvalue weighted by Gasteiger charge is -2.22. The number of rotatable bonds is 6. The van der Waals surface area contributed by atoms with Gasteiger partial charge in [-0.2, -0.15) is 0 Å². The summed E-state index contributed by atoms with van der Waals surface area (Å²) in [6.45, 7) is 9.52. The minimum absolute atomic E-state index is 0.547. The van der Waals surface area contributed by atoms with Crippen LogP contribution in [-0.2, 0) is 6.54 Å². The summed E-state index contributed by atoms with van der Waals surface area (Å²) in [5.41, 5.74) is 1.07. The summed E-state index contributed by atoms with van der Waals surface area (Å²) < 4.78 is 0. The number of hydrogen-bond donors (Lipinski definition) is 1. The highest BCUT2D eigenvalue weighted by molar-refractivity contribution is 5.01. The molecule has 1 rings (SSSR count). The van der Waals surface area contributed by atoms with Crippen LogP contribution < -0.4 is 5.32 Å². The van der Waals surface area contributed by atoms with E-state index in [0.717, 1.165) is 24.0 Å². The third-order valence-corrected chi connectivity index (χ3v) is 3.19. The first kappa shape index (κ1) is 13.1. The second-order valence-corrected chi connectivity index (χ2v) is 4.34. The van der Waals surface area contributed by atoms with Crippen molar-refractivity contribution in [3.05, 3.63) is 23.8 Å². The molecule has 0 fully saturated rings. The summed E-state index contributed by atoms with van der Waals surface area (Å²) >= 11 is 0. The zero-order valence-corrected chi connectivity index (χ0v) is 10.8. The molecule has 3 heteroatoms. The van der Waals surface area contributed by atoms with Gasteiger partial charge >= 0.3 is 0 Å². The third kappa shape index (κ3) is 3.89. The molecule has 3 nitrogen and oxygen atoms in total. The lowest BCUT2D eigenvalue weighted by Crippen LogP contribution is -2.32. The quantitative estimate of drug-likeness (QED) is 0.802. The molecule has 0 amide bonds. The second kappa shape index (κ2) is 6.59. The minimum Gasteiger partial charge on any atom is -0.308 e. The first-order chi connectivity index (χ1) is 7.67. The van der Waals surface area contributed by atoms with E-state index in [1.807, 2.05) is 19.2 Å². The van der Waals surface area contributed by atoms with Crippen molar-refractivity contribution >= 4 is 0 Å². The van der Waals surface area contributed by atoms with E-state index in [2.05, 4.69) is 36.1 Å². The van der Waals surface area contributed by atoms with Crippen LogP contribution in [-0.4, -0.2) is 16.0 Å². The fourth-order valence-electron chi connectivity index (χ4n) is 2.03. The van der Waals surface area contributed by atoms with Crippen molar-refractivity contribution in [2.45, 2.75) is 53.1 Å². The molecule has 1 aromatic rings. The van der Waals surface area contributed by atoms with Crippen molar-refractivity contribution in [1.82, 2.24) is 15.3 Å². The van der Waals surface area contributed by atoms with Crippen LogP contribution in [0.15, 0.2) is 12.3 Å². The minimum atomic E-state index is 0.547. The Kier molecular flexibility index (Phi) is 5.39. The molecule has 0 saturated heterocycles. The Bertz CT molecular complexity index is 308. The zero-order valence-electron chi connectivity index (χ0n) is 10.8. The summed E-state index contributed by atoms with van der Waals surface area (Å²) in [6.07, 6.45) is 4.28. The van der Waals surface area contributed by atoms with Crippen molar-refractivity contribution < 1.29 is 0 Å². The van der Waals surface area contributed by atoms with Crippen LogP contribution in [0.2, 0.25) is 0 Å². The maximum Gasteiger partial charge on any atom is 0.125 e. The molecule has 0 aliphatic rings. The normalized spacial score (nSPS) is 13.1. The monoisotopic (exact) mass is 221 g/mol. The fraction of sp³-hybridized carbons (Fsp3) is 0.692. The lowest BCUT2D eigenvalue weighted by atomic mass is 9.95. The van der Waals surface area contributed by atoms with Gasteiger partial charge in [0.2, 0.25) is 0 Å². The fourth-order valence-corrected chi connectivity index (χ4v) is 2.03. The van der Waals surface area contributed by atoms with E-state index in [-0.39, 0.29) is 0 Å². The van der Waals surface area contributed by atoms with E-state index in [1.165, 1.54) is 12.8 Å². The van der Waals surface area contributed by atoms with Gasteiger partial charge in [0, 0.05) is 18.8 Å². The van der Waals surface area contributed by atoms with Crippen LogP contribution in [0.5, 0.6) is 0 Å². The van der Waals surface area contributed by atoms with Crippen molar-refractivity contribution in [2.24, 2.45) is 5.92 Å². The highest BCUT2D eigenvalue weighted by Gasteiger charge is 2.12. The molecule has 0 spiro atoms. The maximum absolute atomic E-state index is 4.38. The van der Waals surface area contributed by atoms with Gasteiger partial charge < -0.3 is 5.32 Å². The Hall–Kier alpha value is -0.960. The van der Waals surface area contributed by atoms with Gasteiger partial charge in [0.25, 0.3) is 0 Å². The van der Waals surface area contributed by atoms with Crippen LogP contribution in [0.4, 0.5) is 0 Å². The molecule has 90 valence electrons. The van der Waals surface area contributed by atoms with Crippen molar-refractivity contribution in [1.29, 1.82) is 0 Å². The smallest absolute Gasteiger partial charge is 0.125 e. The van der Waals surface area contributed by atoms with E-state index in [9.17, 15) is 0 Å². The van der Waals surface area contributed by atoms with Gasteiger partial charge in [-0.25, -0.2) is 9.97 Å². The van der Waals surface area contributed by atoms with E-state index < -0.39 is 0 Å². The van der Waals surface area contributed by atoms with Gasteiger partial charge in [0.15, 0.2) is 0 Å². The molecule has 0 aliphatic carbocycles. The van der Waals surface area contributed by atoms with Crippen LogP contribution in [0.1, 0.15) is 45.1 Å². The predicted molar refractivity (Wildman–Crippen MR) is 67.1 cm³/mol. The highest BCUT2D eigenvalue weighted by Crippen LogP contribution is 2.12. The topological polar surface area (TPSA) is 37.8 Å².